The number of urea groups is 1. The highest BCUT2D eigenvalue weighted by Crippen LogP contribution is 2.57. The van der Waals surface area contributed by atoms with E-state index in [1.54, 1.807) is 0 Å². The average molecular weight is 252 g/mol. The minimum absolute atomic E-state index is 0.281. The molecule has 0 heterocycles. The third-order valence-corrected chi connectivity index (χ3v) is 4.49. The Bertz CT molecular complexity index is 288. The lowest BCUT2D eigenvalue weighted by molar-refractivity contribution is -0.155. The smallest absolute Gasteiger partial charge is 0.309 e. The van der Waals surface area contributed by atoms with Crippen LogP contribution in [-0.2, 0) is 4.74 Å². The molecule has 2 amide bonds. The molecule has 0 aromatic heterocycles. The van der Waals surface area contributed by atoms with E-state index < -0.39 is 6.03 Å². The summed E-state index contributed by atoms with van der Waals surface area (Å²) in [6, 6.07) is -0.833. The van der Waals surface area contributed by atoms with E-state index in [9.17, 15) is 0 Å². The van der Waals surface area contributed by atoms with Gasteiger partial charge in [-0.15, -0.1) is 6.58 Å². The first kappa shape index (κ1) is 13.4. The summed E-state index contributed by atoms with van der Waals surface area (Å²) in [4.78, 5) is 9.00. The predicted molar refractivity (Wildman–Crippen MR) is 70.8 cm³/mol. The zero-order valence-corrected chi connectivity index (χ0v) is 10.9. The van der Waals surface area contributed by atoms with Gasteiger partial charge in [0, 0.05) is 0 Å². The molecule has 4 fully saturated rings. The predicted octanol–water partition coefficient (Wildman–Crippen LogP) is 2.18. The highest BCUT2D eigenvalue weighted by atomic mass is 16.5. The second-order valence-corrected chi connectivity index (χ2v) is 6.10. The van der Waals surface area contributed by atoms with Gasteiger partial charge in [-0.2, -0.15) is 0 Å². The Morgan fingerprint density at radius 1 is 1.17 bits per heavy atom. The molecule has 0 saturated heterocycles. The summed E-state index contributed by atoms with van der Waals surface area (Å²) in [7, 11) is 0. The average Bonchev–Trinajstić information content (AvgIpc) is 2.23. The number of hydrogen-bond donors (Lipinski definition) is 2. The Hall–Kier alpha value is -1.03. The second-order valence-electron chi connectivity index (χ2n) is 6.10. The first-order valence-corrected chi connectivity index (χ1v) is 6.83. The van der Waals surface area contributed by atoms with Gasteiger partial charge in [0.05, 0.1) is 12.2 Å². The summed E-state index contributed by atoms with van der Waals surface area (Å²) in [5.41, 5.74) is 8.78. The highest BCUT2D eigenvalue weighted by Gasteiger charge is 2.51. The fraction of sp³-hybridized carbons (Fsp3) is 0.786. The Labute approximate surface area is 109 Å². The summed E-state index contributed by atoms with van der Waals surface area (Å²) in [5.74, 6) is 2.98. The van der Waals surface area contributed by atoms with Crippen molar-refractivity contribution in [2.24, 2.45) is 29.2 Å². The lowest BCUT2D eigenvalue weighted by Crippen LogP contribution is -2.52. The van der Waals surface area contributed by atoms with E-state index in [-0.39, 0.29) is 5.60 Å². The topological polar surface area (TPSA) is 78.3 Å². The monoisotopic (exact) mass is 252 g/mol. The number of rotatable bonds is 3. The van der Waals surface area contributed by atoms with Crippen molar-refractivity contribution in [3.63, 3.8) is 0 Å². The molecule has 0 unspecified atom stereocenters. The lowest BCUT2D eigenvalue weighted by Gasteiger charge is -2.56. The molecule has 0 radical (unpaired) electrons. The number of amides is 2. The fourth-order valence-corrected chi connectivity index (χ4v) is 4.44. The van der Waals surface area contributed by atoms with Gasteiger partial charge in [-0.3, -0.25) is 0 Å². The van der Waals surface area contributed by atoms with E-state index >= 15 is 0 Å². The van der Waals surface area contributed by atoms with Crippen molar-refractivity contribution in [3.05, 3.63) is 12.7 Å². The van der Waals surface area contributed by atoms with Crippen molar-refractivity contribution >= 4 is 6.03 Å². The quantitative estimate of drug-likeness (QED) is 0.755. The van der Waals surface area contributed by atoms with Gasteiger partial charge in [-0.1, -0.05) is 6.08 Å². The van der Waals surface area contributed by atoms with E-state index in [4.69, 9.17) is 9.53 Å². The molecule has 4 heteroatoms. The van der Waals surface area contributed by atoms with Crippen LogP contribution in [-0.4, -0.2) is 18.2 Å². The summed E-state index contributed by atoms with van der Waals surface area (Å²) >= 11 is 0. The van der Waals surface area contributed by atoms with Crippen LogP contribution in [0, 0.1) is 17.8 Å². The van der Waals surface area contributed by atoms with Crippen molar-refractivity contribution in [2.75, 3.05) is 6.61 Å². The van der Waals surface area contributed by atoms with Crippen molar-refractivity contribution < 1.29 is 9.53 Å². The summed E-state index contributed by atoms with van der Waals surface area (Å²) in [5, 5.41) is 0. The minimum atomic E-state index is -0.833. The normalized spacial score (nSPS) is 39.9. The third-order valence-electron chi connectivity index (χ3n) is 4.49. The molecule has 0 aromatic carbocycles. The molecule has 4 aliphatic carbocycles. The van der Waals surface area contributed by atoms with Crippen LogP contribution in [0.5, 0.6) is 0 Å². The Balaban J connectivity index is 0.000000267. The molecule has 4 aliphatic rings. The fourth-order valence-electron chi connectivity index (χ4n) is 4.44. The van der Waals surface area contributed by atoms with Crippen molar-refractivity contribution in [1.29, 1.82) is 0 Å². The Morgan fingerprint density at radius 2 is 1.56 bits per heavy atom. The molecule has 0 atom stereocenters. The number of carbonyl (C=O) groups is 1. The van der Waals surface area contributed by atoms with E-state index in [2.05, 4.69) is 18.0 Å². The molecule has 4 nitrogen and oxygen atoms in total. The van der Waals surface area contributed by atoms with Crippen LogP contribution in [0.25, 0.3) is 0 Å². The molecule has 4 N–H and O–H groups in total. The minimum Gasteiger partial charge on any atom is -0.371 e. The van der Waals surface area contributed by atoms with E-state index in [1.807, 2.05) is 6.08 Å². The zero-order valence-electron chi connectivity index (χ0n) is 10.9. The molecule has 4 bridgehead atoms. The lowest BCUT2D eigenvalue weighted by atomic mass is 9.54. The molecular weight excluding hydrogens is 228 g/mol. The zero-order chi connectivity index (χ0) is 13.2. The van der Waals surface area contributed by atoms with Gasteiger partial charge >= 0.3 is 6.03 Å². The molecule has 0 aromatic rings. The SMILES string of the molecule is C=CCOC12CC3CC(CC(C3)C1)C2.NC(N)=O. The van der Waals surface area contributed by atoms with Gasteiger partial charge in [-0.25, -0.2) is 4.79 Å². The van der Waals surface area contributed by atoms with Crippen molar-refractivity contribution in [2.45, 2.75) is 44.1 Å². The van der Waals surface area contributed by atoms with Crippen LogP contribution in [0.4, 0.5) is 4.79 Å². The van der Waals surface area contributed by atoms with Crippen LogP contribution in [0.15, 0.2) is 12.7 Å². The van der Waals surface area contributed by atoms with Gasteiger partial charge in [-0.05, 0) is 56.3 Å². The molecule has 0 aliphatic heterocycles. The number of ether oxygens (including phenoxy) is 1. The molecule has 4 saturated carbocycles. The Morgan fingerprint density at radius 3 is 1.89 bits per heavy atom. The summed E-state index contributed by atoms with van der Waals surface area (Å²) in [6.07, 6.45) is 10.4. The molecule has 18 heavy (non-hydrogen) atoms. The Kier molecular flexibility index (Phi) is 3.95. The maximum Gasteiger partial charge on any atom is 0.309 e. The first-order chi connectivity index (χ1) is 8.53. The largest absolute Gasteiger partial charge is 0.371 e. The van der Waals surface area contributed by atoms with Crippen molar-refractivity contribution in [3.8, 4) is 0 Å². The standard InChI is InChI=1S/C13H20O.CH4N2O/c1-2-3-14-13-7-10-4-11(8-13)6-12(5-10)9-13;2-1(3)4/h2,10-12H,1,3-9H2;(H4,2,3,4). The van der Waals surface area contributed by atoms with Crippen LogP contribution in [0.1, 0.15) is 38.5 Å². The van der Waals surface area contributed by atoms with Crippen LogP contribution in [0.3, 0.4) is 0 Å². The van der Waals surface area contributed by atoms with Crippen LogP contribution < -0.4 is 11.5 Å². The number of hydrogen-bond acceptors (Lipinski definition) is 2. The summed E-state index contributed by atoms with van der Waals surface area (Å²) in [6.45, 7) is 4.51. The van der Waals surface area contributed by atoms with E-state index in [0.717, 1.165) is 24.4 Å². The van der Waals surface area contributed by atoms with Gasteiger partial charge in [0.2, 0.25) is 0 Å². The first-order valence-electron chi connectivity index (χ1n) is 6.83. The molecule has 102 valence electrons. The number of carbonyl (C=O) groups excluding carboxylic acids is 1. The third kappa shape index (κ3) is 3.05. The van der Waals surface area contributed by atoms with Gasteiger partial charge < -0.3 is 16.2 Å². The molecule has 4 rings (SSSR count). The number of primary amides is 2. The number of nitrogens with two attached hydrogens (primary N) is 2. The highest BCUT2D eigenvalue weighted by molar-refractivity contribution is 5.69. The summed E-state index contributed by atoms with van der Waals surface area (Å²) < 4.78 is 6.07. The van der Waals surface area contributed by atoms with Gasteiger partial charge in [0.1, 0.15) is 0 Å². The van der Waals surface area contributed by atoms with E-state index in [0.29, 0.717) is 0 Å². The van der Waals surface area contributed by atoms with Gasteiger partial charge in [0.15, 0.2) is 0 Å². The molecular formula is C14H24N2O2. The van der Waals surface area contributed by atoms with Crippen LogP contribution >= 0.6 is 0 Å². The maximum absolute atomic E-state index is 9.00. The van der Waals surface area contributed by atoms with Gasteiger partial charge in [0.25, 0.3) is 0 Å². The molecule has 0 spiro atoms. The van der Waals surface area contributed by atoms with E-state index in [1.165, 1.54) is 38.5 Å². The second kappa shape index (κ2) is 5.31. The van der Waals surface area contributed by atoms with Crippen LogP contribution in [0.2, 0.25) is 0 Å². The van der Waals surface area contributed by atoms with Crippen molar-refractivity contribution in [1.82, 2.24) is 0 Å². The maximum atomic E-state index is 9.00.